The number of Topliss-reactive ketones (excluding diaryl/α,β-unsaturated/α-hetero) is 3. The van der Waals surface area contributed by atoms with Crippen LogP contribution in [0.2, 0.25) is 0 Å². The molecule has 0 bridgehead atoms. The van der Waals surface area contributed by atoms with Gasteiger partial charge in [0.15, 0.2) is 5.78 Å². The molecule has 1 saturated heterocycles. The molecule has 0 N–H and O–H groups in total. The molecule has 0 spiro atoms. The number of allylic oxidation sites excluding steroid dienone is 4. The number of morpholine rings is 1. The minimum Gasteiger partial charge on any atom is -0.379 e. The second-order valence-electron chi connectivity index (χ2n) is 14.4. The van der Waals surface area contributed by atoms with E-state index in [-0.39, 0.29) is 18.0 Å². The van der Waals surface area contributed by atoms with Crippen molar-refractivity contribution in [1.29, 1.82) is 0 Å². The number of carbonyl (C=O) groups excluding carboxylic acids is 3. The summed E-state index contributed by atoms with van der Waals surface area (Å²) < 4.78 is 5.46. The van der Waals surface area contributed by atoms with E-state index >= 15 is 0 Å². The van der Waals surface area contributed by atoms with E-state index in [4.69, 9.17) is 4.74 Å². The zero-order valence-electron chi connectivity index (χ0n) is 31.8. The van der Waals surface area contributed by atoms with Crippen molar-refractivity contribution in [3.8, 4) is 0 Å². The summed E-state index contributed by atoms with van der Waals surface area (Å²) in [6.45, 7) is 7.55. The summed E-state index contributed by atoms with van der Waals surface area (Å²) in [5.41, 5.74) is 0. The van der Waals surface area contributed by atoms with Gasteiger partial charge in [0.05, 0.1) is 19.1 Å². The van der Waals surface area contributed by atoms with Crippen LogP contribution in [-0.4, -0.2) is 55.1 Å². The summed E-state index contributed by atoms with van der Waals surface area (Å²) in [7, 11) is 0. The summed E-state index contributed by atoms with van der Waals surface area (Å²) in [5, 5.41) is 0. The molecule has 1 fully saturated rings. The molecule has 1 rings (SSSR count). The first-order valence-corrected chi connectivity index (χ1v) is 20.8. The standard InChI is InChI=1S/C43H77NO4/c1-3-5-7-9-11-13-15-17-19-21-23-25-27-29-31-33-41(45)40(39-44-35-37-48-38-36-44)43(47)42(46)34-32-30-28-26-24-22-20-18-16-14-12-10-8-6-4-2/h17-20,40H,3-16,21-39H2,1-2H3/b19-17-,20-18-. The van der Waals surface area contributed by atoms with E-state index in [0.29, 0.717) is 39.3 Å². The lowest BCUT2D eigenvalue weighted by Crippen LogP contribution is -2.44. The fourth-order valence-electron chi connectivity index (χ4n) is 6.59. The number of unbranched alkanes of at least 4 members (excludes halogenated alkanes) is 22. The van der Waals surface area contributed by atoms with Crippen LogP contribution in [0, 0.1) is 5.92 Å². The topological polar surface area (TPSA) is 63.7 Å². The van der Waals surface area contributed by atoms with Crippen LogP contribution in [0.25, 0.3) is 0 Å². The van der Waals surface area contributed by atoms with Crippen LogP contribution in [0.1, 0.15) is 194 Å². The molecule has 278 valence electrons. The molecule has 0 aromatic heterocycles. The van der Waals surface area contributed by atoms with Gasteiger partial charge in [0.2, 0.25) is 5.78 Å². The highest BCUT2D eigenvalue weighted by Crippen LogP contribution is 2.17. The largest absolute Gasteiger partial charge is 0.379 e. The van der Waals surface area contributed by atoms with Gasteiger partial charge < -0.3 is 4.74 Å². The number of hydrogen-bond acceptors (Lipinski definition) is 5. The van der Waals surface area contributed by atoms with Crippen molar-refractivity contribution in [2.45, 2.75) is 194 Å². The molecule has 0 amide bonds. The van der Waals surface area contributed by atoms with E-state index in [1.54, 1.807) is 0 Å². The van der Waals surface area contributed by atoms with E-state index in [1.807, 2.05) is 0 Å². The molecule has 1 atom stereocenters. The van der Waals surface area contributed by atoms with Crippen molar-refractivity contribution >= 4 is 17.3 Å². The quantitative estimate of drug-likeness (QED) is 0.0290. The lowest BCUT2D eigenvalue weighted by atomic mass is 9.90. The first-order valence-electron chi connectivity index (χ1n) is 20.8. The van der Waals surface area contributed by atoms with Gasteiger partial charge in [-0.15, -0.1) is 0 Å². The Balaban J connectivity index is 2.22. The van der Waals surface area contributed by atoms with E-state index in [2.05, 4.69) is 43.1 Å². The smallest absolute Gasteiger partial charge is 0.210 e. The van der Waals surface area contributed by atoms with E-state index in [0.717, 1.165) is 57.8 Å². The molecular weight excluding hydrogens is 594 g/mol. The molecule has 5 nitrogen and oxygen atoms in total. The fraction of sp³-hybridized carbons (Fsp3) is 0.837. The molecular formula is C43H77NO4. The van der Waals surface area contributed by atoms with Crippen LogP contribution in [0.5, 0.6) is 0 Å². The van der Waals surface area contributed by atoms with Gasteiger partial charge in [0, 0.05) is 32.5 Å². The maximum absolute atomic E-state index is 13.3. The predicted octanol–water partition coefficient (Wildman–Crippen LogP) is 11.7. The van der Waals surface area contributed by atoms with Crippen molar-refractivity contribution in [1.82, 2.24) is 4.90 Å². The maximum Gasteiger partial charge on any atom is 0.210 e. The average molecular weight is 672 g/mol. The summed E-state index contributed by atoms with van der Waals surface area (Å²) in [6, 6.07) is 0. The predicted molar refractivity (Wildman–Crippen MR) is 205 cm³/mol. The van der Waals surface area contributed by atoms with E-state index in [1.165, 1.54) is 109 Å². The third-order valence-electron chi connectivity index (χ3n) is 9.88. The Morgan fingerprint density at radius 2 is 0.896 bits per heavy atom. The van der Waals surface area contributed by atoms with Crippen LogP contribution in [-0.2, 0) is 19.1 Å². The zero-order valence-corrected chi connectivity index (χ0v) is 31.8. The first kappa shape index (κ1) is 44.4. The first-order chi connectivity index (χ1) is 23.6. The summed E-state index contributed by atoms with van der Waals surface area (Å²) in [5.74, 6) is -1.64. The van der Waals surface area contributed by atoms with Gasteiger partial charge >= 0.3 is 0 Å². The minimum atomic E-state index is -0.810. The summed E-state index contributed by atoms with van der Waals surface area (Å²) in [4.78, 5) is 41.6. The van der Waals surface area contributed by atoms with Crippen LogP contribution in [0.4, 0.5) is 0 Å². The second kappa shape index (κ2) is 33.9. The van der Waals surface area contributed by atoms with Crippen LogP contribution in [0.3, 0.4) is 0 Å². The molecule has 1 unspecified atom stereocenters. The Bertz CT molecular complexity index is 829. The zero-order chi connectivity index (χ0) is 34.8. The molecule has 1 aliphatic rings. The monoisotopic (exact) mass is 672 g/mol. The molecule has 0 aromatic rings. The van der Waals surface area contributed by atoms with Gasteiger partial charge in [-0.2, -0.15) is 0 Å². The Hall–Kier alpha value is -1.59. The number of nitrogens with zero attached hydrogens (tertiary/aromatic N) is 1. The molecule has 0 aromatic carbocycles. The van der Waals surface area contributed by atoms with Crippen molar-refractivity contribution < 1.29 is 19.1 Å². The van der Waals surface area contributed by atoms with E-state index < -0.39 is 11.7 Å². The summed E-state index contributed by atoms with van der Waals surface area (Å²) >= 11 is 0. The Labute approximate surface area is 297 Å². The lowest BCUT2D eigenvalue weighted by Gasteiger charge is -2.29. The fourth-order valence-corrected chi connectivity index (χ4v) is 6.59. The van der Waals surface area contributed by atoms with Crippen molar-refractivity contribution in [2.75, 3.05) is 32.8 Å². The SMILES string of the molecule is CCCCCCCC/C=C\CCCCCCCC(=O)C(=O)C(CN1CCOCC1)C(=O)CCCCCCC/C=C\CCCCCCCC. The highest BCUT2D eigenvalue weighted by molar-refractivity contribution is 6.41. The molecule has 5 heteroatoms. The van der Waals surface area contributed by atoms with Gasteiger partial charge in [-0.1, -0.05) is 141 Å². The molecule has 48 heavy (non-hydrogen) atoms. The number of rotatable bonds is 35. The molecule has 0 saturated carbocycles. The Morgan fingerprint density at radius 1 is 0.521 bits per heavy atom. The molecule has 1 aliphatic heterocycles. The van der Waals surface area contributed by atoms with Gasteiger partial charge in [-0.25, -0.2) is 0 Å². The third-order valence-corrected chi connectivity index (χ3v) is 9.88. The highest BCUT2D eigenvalue weighted by atomic mass is 16.5. The second-order valence-corrected chi connectivity index (χ2v) is 14.4. The minimum absolute atomic E-state index is 0.0398. The van der Waals surface area contributed by atoms with Crippen molar-refractivity contribution in [3.05, 3.63) is 24.3 Å². The summed E-state index contributed by atoms with van der Waals surface area (Å²) in [6.07, 6.45) is 41.4. The van der Waals surface area contributed by atoms with Crippen LogP contribution >= 0.6 is 0 Å². The molecule has 0 radical (unpaired) electrons. The highest BCUT2D eigenvalue weighted by Gasteiger charge is 2.32. The van der Waals surface area contributed by atoms with Crippen LogP contribution < -0.4 is 0 Å². The van der Waals surface area contributed by atoms with Crippen molar-refractivity contribution in [2.24, 2.45) is 5.92 Å². The molecule has 0 aliphatic carbocycles. The number of ketones is 3. The Kier molecular flexibility index (Phi) is 31.4. The number of carbonyl (C=O) groups is 3. The van der Waals surface area contributed by atoms with Gasteiger partial charge in [-0.3, -0.25) is 19.3 Å². The number of hydrogen-bond donors (Lipinski definition) is 0. The van der Waals surface area contributed by atoms with Crippen LogP contribution in [0.15, 0.2) is 24.3 Å². The van der Waals surface area contributed by atoms with Gasteiger partial charge in [-0.05, 0) is 64.2 Å². The van der Waals surface area contributed by atoms with Gasteiger partial charge in [0.1, 0.15) is 5.78 Å². The number of ether oxygens (including phenoxy) is 1. The van der Waals surface area contributed by atoms with Gasteiger partial charge in [0.25, 0.3) is 0 Å². The third kappa shape index (κ3) is 26.3. The van der Waals surface area contributed by atoms with Crippen molar-refractivity contribution in [3.63, 3.8) is 0 Å². The normalized spacial score (nSPS) is 14.7. The average Bonchev–Trinajstić information content (AvgIpc) is 3.10. The maximum atomic E-state index is 13.3. The Morgan fingerprint density at radius 3 is 1.33 bits per heavy atom. The lowest BCUT2D eigenvalue weighted by molar-refractivity contribution is -0.143. The molecule has 1 heterocycles. The van der Waals surface area contributed by atoms with E-state index in [9.17, 15) is 14.4 Å².